The van der Waals surface area contributed by atoms with Gasteiger partial charge in [-0.2, -0.15) is 4.98 Å². The molecule has 0 radical (unpaired) electrons. The number of nitrogens with zero attached hydrogens (tertiary/aromatic N) is 3. The monoisotopic (exact) mass is 379 g/mol. The maximum Gasteiger partial charge on any atom is 0.263 e. The van der Waals surface area contributed by atoms with Crippen molar-refractivity contribution in [3.05, 3.63) is 65.0 Å². The van der Waals surface area contributed by atoms with Gasteiger partial charge in [0, 0.05) is 12.6 Å². The Hall–Kier alpha value is -3.15. The summed E-state index contributed by atoms with van der Waals surface area (Å²) in [4.78, 5) is 18.6. The molecule has 0 spiro atoms. The van der Waals surface area contributed by atoms with Crippen LogP contribution in [0.1, 0.15) is 29.5 Å². The van der Waals surface area contributed by atoms with Gasteiger partial charge in [-0.15, -0.1) is 0 Å². The molecule has 146 valence electrons. The Balaban J connectivity index is 1.65. The molecule has 1 heterocycles. The number of aromatic nitrogens is 2. The molecule has 2 aromatic carbocycles. The lowest BCUT2D eigenvalue weighted by molar-refractivity contribution is -0.137. The standard InChI is InChI=1S/C22H25N3O3/c1-14-11-15(2)16(3)19(12-14)27-17(4)22(26)25(5)13-20-23-21(24-28-20)18-9-7-6-8-10-18/h6-12,17H,13H2,1-5H3/t17-/m0/s1. The van der Waals surface area contributed by atoms with Crippen molar-refractivity contribution < 1.29 is 14.1 Å². The summed E-state index contributed by atoms with van der Waals surface area (Å²) < 4.78 is 11.2. The lowest BCUT2D eigenvalue weighted by Gasteiger charge is -2.22. The third kappa shape index (κ3) is 4.39. The number of hydrogen-bond donors (Lipinski definition) is 0. The molecule has 0 N–H and O–H groups in total. The summed E-state index contributed by atoms with van der Waals surface area (Å²) in [6.45, 7) is 8.01. The minimum atomic E-state index is -0.624. The summed E-state index contributed by atoms with van der Waals surface area (Å²) in [5.41, 5.74) is 4.15. The van der Waals surface area contributed by atoms with Crippen LogP contribution in [0.5, 0.6) is 5.75 Å². The zero-order valence-corrected chi connectivity index (χ0v) is 16.9. The van der Waals surface area contributed by atoms with E-state index in [1.54, 1.807) is 14.0 Å². The molecule has 0 saturated carbocycles. The van der Waals surface area contributed by atoms with Crippen molar-refractivity contribution in [2.75, 3.05) is 7.05 Å². The van der Waals surface area contributed by atoms with E-state index in [9.17, 15) is 4.79 Å². The average Bonchev–Trinajstić information content (AvgIpc) is 3.14. The smallest absolute Gasteiger partial charge is 0.263 e. The van der Waals surface area contributed by atoms with Crippen molar-refractivity contribution in [3.8, 4) is 17.1 Å². The van der Waals surface area contributed by atoms with Gasteiger partial charge in [-0.05, 0) is 50.5 Å². The fourth-order valence-corrected chi connectivity index (χ4v) is 2.98. The number of carbonyl (C=O) groups is 1. The summed E-state index contributed by atoms with van der Waals surface area (Å²) in [5.74, 6) is 1.46. The van der Waals surface area contributed by atoms with Crippen LogP contribution in [0, 0.1) is 20.8 Å². The Labute approximate surface area is 165 Å². The summed E-state index contributed by atoms with van der Waals surface area (Å²) in [6.07, 6.45) is -0.624. The Morgan fingerprint density at radius 1 is 1.18 bits per heavy atom. The summed E-state index contributed by atoms with van der Waals surface area (Å²) in [6, 6.07) is 13.6. The SMILES string of the molecule is Cc1cc(C)c(C)c(O[C@@H](C)C(=O)N(C)Cc2nc(-c3ccccc3)no2)c1. The summed E-state index contributed by atoms with van der Waals surface area (Å²) >= 11 is 0. The van der Waals surface area contributed by atoms with Gasteiger partial charge >= 0.3 is 0 Å². The van der Waals surface area contributed by atoms with Crippen LogP contribution >= 0.6 is 0 Å². The highest BCUT2D eigenvalue weighted by Gasteiger charge is 2.22. The fraction of sp³-hybridized carbons (Fsp3) is 0.318. The molecule has 6 heteroatoms. The second-order valence-electron chi connectivity index (χ2n) is 7.04. The Morgan fingerprint density at radius 3 is 2.61 bits per heavy atom. The quantitative estimate of drug-likeness (QED) is 0.645. The fourth-order valence-electron chi connectivity index (χ4n) is 2.98. The van der Waals surface area contributed by atoms with Gasteiger partial charge in [0.1, 0.15) is 5.75 Å². The number of amides is 1. The Kier molecular flexibility index (Phi) is 5.78. The van der Waals surface area contributed by atoms with Crippen molar-refractivity contribution in [3.63, 3.8) is 0 Å². The van der Waals surface area contributed by atoms with Gasteiger partial charge in [0.2, 0.25) is 11.7 Å². The highest BCUT2D eigenvalue weighted by molar-refractivity contribution is 5.80. The first-order chi connectivity index (χ1) is 13.3. The summed E-state index contributed by atoms with van der Waals surface area (Å²) in [7, 11) is 1.70. The molecule has 0 bridgehead atoms. The molecule has 0 saturated heterocycles. The number of aryl methyl sites for hydroxylation is 2. The van der Waals surface area contributed by atoms with E-state index in [0.717, 1.165) is 28.0 Å². The van der Waals surface area contributed by atoms with Crippen LogP contribution in [0.2, 0.25) is 0 Å². The predicted octanol–water partition coefficient (Wildman–Crippen LogP) is 4.09. The van der Waals surface area contributed by atoms with E-state index in [0.29, 0.717) is 11.7 Å². The molecule has 3 rings (SSSR count). The van der Waals surface area contributed by atoms with Gasteiger partial charge in [0.15, 0.2) is 6.10 Å². The van der Waals surface area contributed by atoms with Crippen molar-refractivity contribution in [1.82, 2.24) is 15.0 Å². The van der Waals surface area contributed by atoms with E-state index in [1.807, 2.05) is 57.2 Å². The van der Waals surface area contributed by atoms with Gasteiger partial charge in [-0.25, -0.2) is 0 Å². The van der Waals surface area contributed by atoms with Crippen LogP contribution in [-0.4, -0.2) is 34.1 Å². The molecule has 0 unspecified atom stereocenters. The molecular weight excluding hydrogens is 354 g/mol. The maximum atomic E-state index is 12.7. The van der Waals surface area contributed by atoms with E-state index in [1.165, 1.54) is 4.90 Å². The Bertz CT molecular complexity index is 966. The first-order valence-electron chi connectivity index (χ1n) is 9.22. The first kappa shape index (κ1) is 19.6. The Morgan fingerprint density at radius 2 is 1.89 bits per heavy atom. The minimum absolute atomic E-state index is 0.155. The third-order valence-electron chi connectivity index (χ3n) is 4.66. The lowest BCUT2D eigenvalue weighted by Crippen LogP contribution is -2.37. The molecule has 0 aliphatic rings. The minimum Gasteiger partial charge on any atom is -0.481 e. The molecule has 1 amide bonds. The zero-order valence-electron chi connectivity index (χ0n) is 16.9. The molecular formula is C22H25N3O3. The van der Waals surface area contributed by atoms with Gasteiger partial charge in [0.25, 0.3) is 5.91 Å². The van der Waals surface area contributed by atoms with E-state index in [-0.39, 0.29) is 12.5 Å². The molecule has 0 aliphatic heterocycles. The van der Waals surface area contributed by atoms with Crippen molar-refractivity contribution in [2.24, 2.45) is 0 Å². The van der Waals surface area contributed by atoms with Gasteiger partial charge < -0.3 is 14.2 Å². The first-order valence-corrected chi connectivity index (χ1v) is 9.22. The van der Waals surface area contributed by atoms with E-state index >= 15 is 0 Å². The summed E-state index contributed by atoms with van der Waals surface area (Å²) in [5, 5.41) is 3.99. The highest BCUT2D eigenvalue weighted by Crippen LogP contribution is 2.24. The number of carbonyl (C=O) groups excluding carboxylic acids is 1. The van der Waals surface area contributed by atoms with Crippen molar-refractivity contribution >= 4 is 5.91 Å². The van der Waals surface area contributed by atoms with Crippen LogP contribution in [0.3, 0.4) is 0 Å². The van der Waals surface area contributed by atoms with E-state index in [4.69, 9.17) is 9.26 Å². The average molecular weight is 379 g/mol. The highest BCUT2D eigenvalue weighted by atomic mass is 16.5. The van der Waals surface area contributed by atoms with Gasteiger partial charge in [-0.1, -0.05) is 41.6 Å². The lowest BCUT2D eigenvalue weighted by atomic mass is 10.1. The largest absolute Gasteiger partial charge is 0.481 e. The molecule has 0 fully saturated rings. The second kappa shape index (κ2) is 8.25. The number of benzene rings is 2. The molecule has 1 aromatic heterocycles. The van der Waals surface area contributed by atoms with Crippen LogP contribution in [-0.2, 0) is 11.3 Å². The van der Waals surface area contributed by atoms with Gasteiger partial charge in [0.05, 0.1) is 6.54 Å². The number of likely N-dealkylation sites (N-methyl/N-ethyl adjacent to an activating group) is 1. The molecule has 3 aromatic rings. The maximum absolute atomic E-state index is 12.7. The molecule has 1 atom stereocenters. The number of rotatable bonds is 6. The van der Waals surface area contributed by atoms with Crippen molar-refractivity contribution in [2.45, 2.75) is 40.3 Å². The van der Waals surface area contributed by atoms with Gasteiger partial charge in [-0.3, -0.25) is 4.79 Å². The van der Waals surface area contributed by atoms with Crippen LogP contribution in [0.4, 0.5) is 0 Å². The van der Waals surface area contributed by atoms with Crippen molar-refractivity contribution in [1.29, 1.82) is 0 Å². The van der Waals surface area contributed by atoms with E-state index < -0.39 is 6.10 Å². The number of ether oxygens (including phenoxy) is 1. The van der Waals surface area contributed by atoms with E-state index in [2.05, 4.69) is 16.2 Å². The molecule has 0 aliphatic carbocycles. The predicted molar refractivity (Wildman–Crippen MR) is 107 cm³/mol. The molecule has 28 heavy (non-hydrogen) atoms. The third-order valence-corrected chi connectivity index (χ3v) is 4.66. The normalized spacial score (nSPS) is 11.9. The molecule has 6 nitrogen and oxygen atoms in total. The topological polar surface area (TPSA) is 68.5 Å². The second-order valence-corrected chi connectivity index (χ2v) is 7.04. The zero-order chi connectivity index (χ0) is 20.3. The number of hydrogen-bond acceptors (Lipinski definition) is 5. The van der Waals surface area contributed by atoms with Crippen LogP contribution in [0.25, 0.3) is 11.4 Å². The van der Waals surface area contributed by atoms with Crippen LogP contribution in [0.15, 0.2) is 47.0 Å². The van der Waals surface area contributed by atoms with Crippen LogP contribution < -0.4 is 4.74 Å².